The van der Waals surface area contributed by atoms with E-state index in [4.69, 9.17) is 0 Å². The van der Waals surface area contributed by atoms with Gasteiger partial charge in [0.15, 0.2) is 10.9 Å². The molecule has 0 bridgehead atoms. The highest BCUT2D eigenvalue weighted by atomic mass is 32.1. The van der Waals surface area contributed by atoms with E-state index in [1.165, 1.54) is 30.4 Å². The van der Waals surface area contributed by atoms with Crippen LogP contribution in [0.1, 0.15) is 53.5 Å². The maximum absolute atomic E-state index is 13.2. The molecule has 3 N–H and O–H groups in total. The van der Waals surface area contributed by atoms with Gasteiger partial charge in [-0.1, -0.05) is 36.3 Å². The zero-order valence-electron chi connectivity index (χ0n) is 20.1. The van der Waals surface area contributed by atoms with Crippen LogP contribution in [0.5, 0.6) is 0 Å². The number of piperazine rings is 1. The number of nitrogens with one attached hydrogen (secondary N) is 3. The fraction of sp³-hybridized carbons (Fsp3) is 0.520. The molecule has 1 aromatic heterocycles. The van der Waals surface area contributed by atoms with Gasteiger partial charge in [-0.15, -0.1) is 0 Å². The molecule has 1 aliphatic carbocycles. The molecule has 1 saturated carbocycles. The smallest absolute Gasteiger partial charge is 0.321 e. The second-order valence-corrected chi connectivity index (χ2v) is 10.5. The average Bonchev–Trinajstić information content (AvgIpc) is 3.16. The summed E-state index contributed by atoms with van der Waals surface area (Å²) in [5.74, 6) is -0.115. The molecule has 0 radical (unpaired) electrons. The molecule has 0 unspecified atom stereocenters. The van der Waals surface area contributed by atoms with Gasteiger partial charge in [0, 0.05) is 32.1 Å². The molecular weight excluding hydrogens is 469 g/mol. The number of Topliss-reactive ketones (excluding diaryl/α,β-unsaturated/α-hetero) is 1. The quantitative estimate of drug-likeness (QED) is 0.504. The summed E-state index contributed by atoms with van der Waals surface area (Å²) in [5, 5.41) is 9.34. The topological polar surface area (TPSA) is 103 Å². The number of thiazole rings is 1. The largest absolute Gasteiger partial charge is 0.351 e. The van der Waals surface area contributed by atoms with Gasteiger partial charge in [-0.05, 0) is 49.8 Å². The van der Waals surface area contributed by atoms with Gasteiger partial charge in [-0.25, -0.2) is 14.2 Å². The Morgan fingerprint density at radius 3 is 2.69 bits per heavy atom. The summed E-state index contributed by atoms with van der Waals surface area (Å²) in [6, 6.07) is 6.02. The molecular formula is C25H32FN5O3S. The second kappa shape index (κ2) is 11.3. The number of benzene rings is 1. The normalized spacial score (nSPS) is 22.9. The van der Waals surface area contributed by atoms with Crippen molar-refractivity contribution in [3.63, 3.8) is 0 Å². The maximum Gasteiger partial charge on any atom is 0.321 e. The molecule has 1 saturated heterocycles. The van der Waals surface area contributed by atoms with Crippen LogP contribution in [0.3, 0.4) is 0 Å². The number of aryl methyl sites for hydroxylation is 1. The van der Waals surface area contributed by atoms with Crippen LogP contribution in [-0.2, 0) is 11.2 Å². The van der Waals surface area contributed by atoms with Crippen LogP contribution in [0.25, 0.3) is 0 Å². The molecule has 2 fully saturated rings. The lowest BCUT2D eigenvalue weighted by Gasteiger charge is -2.39. The lowest BCUT2D eigenvalue weighted by molar-refractivity contribution is -0.125. The van der Waals surface area contributed by atoms with Crippen LogP contribution in [0.2, 0.25) is 0 Å². The van der Waals surface area contributed by atoms with Crippen molar-refractivity contribution in [2.45, 2.75) is 58.0 Å². The number of rotatable bonds is 7. The van der Waals surface area contributed by atoms with Gasteiger partial charge in [-0.3, -0.25) is 19.8 Å². The molecule has 8 nitrogen and oxygen atoms in total. The van der Waals surface area contributed by atoms with Gasteiger partial charge in [0.1, 0.15) is 5.82 Å². The van der Waals surface area contributed by atoms with Crippen molar-refractivity contribution < 1.29 is 18.8 Å². The molecule has 3 amide bonds. The highest BCUT2D eigenvalue weighted by Crippen LogP contribution is 2.27. The van der Waals surface area contributed by atoms with Crippen molar-refractivity contribution in [3.05, 3.63) is 46.2 Å². The number of urea groups is 1. The zero-order valence-corrected chi connectivity index (χ0v) is 20.9. The number of amides is 3. The third kappa shape index (κ3) is 6.85. The van der Waals surface area contributed by atoms with Crippen LogP contribution in [0, 0.1) is 18.7 Å². The van der Waals surface area contributed by atoms with E-state index in [9.17, 15) is 18.8 Å². The van der Waals surface area contributed by atoms with E-state index >= 15 is 0 Å². The number of carbonyl (C=O) groups excluding carboxylic acids is 3. The molecule has 35 heavy (non-hydrogen) atoms. The Morgan fingerprint density at radius 1 is 1.23 bits per heavy atom. The molecule has 3 atom stereocenters. The fourth-order valence-corrected chi connectivity index (χ4v) is 5.94. The monoisotopic (exact) mass is 501 g/mol. The van der Waals surface area contributed by atoms with Crippen LogP contribution < -0.4 is 16.0 Å². The van der Waals surface area contributed by atoms with Crippen LogP contribution in [-0.4, -0.2) is 59.3 Å². The molecule has 1 aliphatic heterocycles. The predicted octanol–water partition coefficient (Wildman–Crippen LogP) is 3.52. The number of aromatic nitrogens is 1. The SMILES string of the molecule is CC(=O)c1sc(NC(=O)N[C@@H]2CCCC[C@H]2CN2CC(=O)N[C@H](Cc3ccc(F)cc3)C2)nc1C. The number of hydrogen-bond donors (Lipinski definition) is 3. The third-order valence-corrected chi connectivity index (χ3v) is 7.84. The summed E-state index contributed by atoms with van der Waals surface area (Å²) in [7, 11) is 0. The van der Waals surface area contributed by atoms with E-state index in [0.29, 0.717) is 35.2 Å². The molecule has 10 heteroatoms. The van der Waals surface area contributed by atoms with Gasteiger partial charge in [0.25, 0.3) is 0 Å². The van der Waals surface area contributed by atoms with Crippen LogP contribution >= 0.6 is 11.3 Å². The summed E-state index contributed by atoms with van der Waals surface area (Å²) in [4.78, 5) is 43.8. The Balaban J connectivity index is 1.34. The number of carbonyl (C=O) groups is 3. The minimum atomic E-state index is -0.323. The highest BCUT2D eigenvalue weighted by Gasteiger charge is 2.32. The van der Waals surface area contributed by atoms with Crippen molar-refractivity contribution >= 4 is 34.2 Å². The molecule has 0 spiro atoms. The lowest BCUT2D eigenvalue weighted by atomic mass is 9.84. The maximum atomic E-state index is 13.2. The van der Waals surface area contributed by atoms with Crippen molar-refractivity contribution in [3.8, 4) is 0 Å². The number of nitrogens with zero attached hydrogens (tertiary/aromatic N) is 2. The summed E-state index contributed by atoms with van der Waals surface area (Å²) in [6.45, 7) is 5.02. The highest BCUT2D eigenvalue weighted by molar-refractivity contribution is 7.17. The Labute approximate surface area is 208 Å². The van der Waals surface area contributed by atoms with Gasteiger partial charge in [-0.2, -0.15) is 0 Å². The van der Waals surface area contributed by atoms with Gasteiger partial charge in [0.05, 0.1) is 17.1 Å². The van der Waals surface area contributed by atoms with Gasteiger partial charge in [0.2, 0.25) is 5.91 Å². The first-order valence-electron chi connectivity index (χ1n) is 12.1. The van der Waals surface area contributed by atoms with Crippen molar-refractivity contribution in [2.75, 3.05) is 25.0 Å². The first kappa shape index (κ1) is 25.2. The van der Waals surface area contributed by atoms with Crippen LogP contribution in [0.4, 0.5) is 14.3 Å². The Morgan fingerprint density at radius 2 is 1.97 bits per heavy atom. The standard InChI is InChI=1S/C25H32FN5O3S/c1-15-23(16(2)32)35-25(27-15)30-24(34)29-21-6-4-3-5-18(21)12-31-13-20(28-22(33)14-31)11-17-7-9-19(26)10-8-17/h7-10,18,20-21H,3-6,11-14H2,1-2H3,(H,28,33)(H2,27,29,30,34)/t18-,20+,21+/m0/s1. The van der Waals surface area contributed by atoms with Gasteiger partial charge >= 0.3 is 6.03 Å². The number of halogens is 1. The number of anilines is 1. The number of hydrogen-bond acceptors (Lipinski definition) is 6. The summed E-state index contributed by atoms with van der Waals surface area (Å²) in [5.41, 5.74) is 1.60. The van der Waals surface area contributed by atoms with E-state index < -0.39 is 0 Å². The summed E-state index contributed by atoms with van der Waals surface area (Å²) < 4.78 is 13.2. The third-order valence-electron chi connectivity index (χ3n) is 6.66. The molecule has 1 aromatic carbocycles. The Hall–Kier alpha value is -2.85. The van der Waals surface area contributed by atoms with E-state index in [-0.39, 0.29) is 41.5 Å². The predicted molar refractivity (Wildman–Crippen MR) is 133 cm³/mol. The van der Waals surface area contributed by atoms with Crippen molar-refractivity contribution in [1.82, 2.24) is 20.5 Å². The van der Waals surface area contributed by atoms with Crippen LogP contribution in [0.15, 0.2) is 24.3 Å². The Bertz CT molecular complexity index is 1070. The van der Waals surface area contributed by atoms with E-state index in [2.05, 4.69) is 25.8 Å². The average molecular weight is 502 g/mol. The van der Waals surface area contributed by atoms with Gasteiger partial charge < -0.3 is 10.6 Å². The zero-order chi connectivity index (χ0) is 24.9. The lowest BCUT2D eigenvalue weighted by Crippen LogP contribution is -2.57. The second-order valence-electron chi connectivity index (χ2n) is 9.53. The molecule has 2 heterocycles. The van der Waals surface area contributed by atoms with E-state index in [1.807, 2.05) is 0 Å². The minimum Gasteiger partial charge on any atom is -0.351 e. The number of ketones is 1. The van der Waals surface area contributed by atoms with E-state index in [0.717, 1.165) is 37.8 Å². The summed E-state index contributed by atoms with van der Waals surface area (Å²) in [6.07, 6.45) is 4.65. The summed E-state index contributed by atoms with van der Waals surface area (Å²) >= 11 is 1.18. The fourth-order valence-electron chi connectivity index (χ4n) is 5.08. The molecule has 2 aliphatic rings. The minimum absolute atomic E-state index is 0.00220. The van der Waals surface area contributed by atoms with Crippen molar-refractivity contribution in [2.24, 2.45) is 5.92 Å². The Kier molecular flexibility index (Phi) is 8.12. The molecule has 4 rings (SSSR count). The van der Waals surface area contributed by atoms with E-state index in [1.54, 1.807) is 19.1 Å². The molecule has 188 valence electrons. The molecule has 2 aromatic rings. The first-order valence-corrected chi connectivity index (χ1v) is 12.9. The first-order chi connectivity index (χ1) is 16.8. The van der Waals surface area contributed by atoms with Crippen molar-refractivity contribution in [1.29, 1.82) is 0 Å².